The lowest BCUT2D eigenvalue weighted by Gasteiger charge is -2.04. The van der Waals surface area contributed by atoms with Gasteiger partial charge in [0.1, 0.15) is 0 Å². The monoisotopic (exact) mass is 228 g/mol. The van der Waals surface area contributed by atoms with Crippen molar-refractivity contribution >= 4 is 15.9 Å². The Morgan fingerprint density at radius 2 is 2.08 bits per heavy atom. The summed E-state index contributed by atoms with van der Waals surface area (Å²) >= 11 is 3.57. The number of nitrogens with one attached hydrogen (secondary N) is 1. The Morgan fingerprint density at radius 1 is 1.42 bits per heavy atom. The number of nitrogens with zero attached hydrogens (tertiary/aromatic N) is 1. The van der Waals surface area contributed by atoms with E-state index < -0.39 is 0 Å². The Labute approximate surface area is 80.9 Å². The third-order valence-corrected chi connectivity index (χ3v) is 3.64. The molecule has 0 atom stereocenters. The molecule has 2 rings (SSSR count). The molecule has 1 aromatic heterocycles. The molecule has 0 bridgehead atoms. The number of H-pyrrole nitrogens is 1. The minimum absolute atomic E-state index is 0.698. The van der Waals surface area contributed by atoms with Gasteiger partial charge in [-0.2, -0.15) is 5.10 Å². The van der Waals surface area contributed by atoms with Gasteiger partial charge in [-0.15, -0.1) is 0 Å². The van der Waals surface area contributed by atoms with Gasteiger partial charge in [0, 0.05) is 11.6 Å². The summed E-state index contributed by atoms with van der Waals surface area (Å²) in [5.74, 6) is 0.698. The zero-order valence-electron chi connectivity index (χ0n) is 7.23. The predicted octanol–water partition coefficient (Wildman–Crippen LogP) is 3.14. The van der Waals surface area contributed by atoms with Gasteiger partial charge in [0.05, 0.1) is 10.2 Å². The summed E-state index contributed by atoms with van der Waals surface area (Å²) in [6.07, 6.45) is 5.35. The third-order valence-electron chi connectivity index (χ3n) is 2.64. The van der Waals surface area contributed by atoms with Crippen molar-refractivity contribution < 1.29 is 0 Å². The van der Waals surface area contributed by atoms with E-state index in [1.54, 1.807) is 0 Å². The fourth-order valence-electron chi connectivity index (χ4n) is 1.90. The number of aryl methyl sites for hydroxylation is 1. The summed E-state index contributed by atoms with van der Waals surface area (Å²) in [7, 11) is 0. The molecular weight excluding hydrogens is 216 g/mol. The average molecular weight is 229 g/mol. The van der Waals surface area contributed by atoms with Gasteiger partial charge in [-0.1, -0.05) is 12.8 Å². The zero-order chi connectivity index (χ0) is 8.55. The summed E-state index contributed by atoms with van der Waals surface area (Å²) in [5.41, 5.74) is 2.39. The van der Waals surface area contributed by atoms with Crippen LogP contribution in [-0.4, -0.2) is 10.2 Å². The molecule has 0 spiro atoms. The first-order valence-corrected chi connectivity index (χ1v) is 5.28. The Hall–Kier alpha value is -0.310. The van der Waals surface area contributed by atoms with E-state index in [0.29, 0.717) is 5.92 Å². The van der Waals surface area contributed by atoms with Crippen LogP contribution in [0.4, 0.5) is 0 Å². The molecule has 12 heavy (non-hydrogen) atoms. The molecule has 0 aromatic carbocycles. The van der Waals surface area contributed by atoms with Crippen LogP contribution in [0.1, 0.15) is 43.0 Å². The normalized spacial score (nSPS) is 18.8. The molecule has 0 aliphatic heterocycles. The summed E-state index contributed by atoms with van der Waals surface area (Å²) in [4.78, 5) is 0. The molecule has 1 aliphatic carbocycles. The quantitative estimate of drug-likeness (QED) is 0.787. The second-order valence-corrected chi connectivity index (χ2v) is 4.32. The Morgan fingerprint density at radius 3 is 2.58 bits per heavy atom. The summed E-state index contributed by atoms with van der Waals surface area (Å²) in [6, 6.07) is 0. The van der Waals surface area contributed by atoms with Crippen molar-refractivity contribution in [1.82, 2.24) is 10.2 Å². The van der Waals surface area contributed by atoms with Crippen LogP contribution in [0, 0.1) is 6.92 Å². The molecule has 0 unspecified atom stereocenters. The molecule has 0 radical (unpaired) electrons. The third kappa shape index (κ3) is 1.30. The highest BCUT2D eigenvalue weighted by atomic mass is 79.9. The van der Waals surface area contributed by atoms with Crippen LogP contribution >= 0.6 is 15.9 Å². The lowest BCUT2D eigenvalue weighted by Crippen LogP contribution is -1.93. The highest BCUT2D eigenvalue weighted by molar-refractivity contribution is 9.10. The Balaban J connectivity index is 2.26. The SMILES string of the molecule is Cc1[nH]nc(C2CCCC2)c1Br. The van der Waals surface area contributed by atoms with Gasteiger partial charge in [0.25, 0.3) is 0 Å². The van der Waals surface area contributed by atoms with Crippen LogP contribution in [0.15, 0.2) is 4.47 Å². The molecule has 1 N–H and O–H groups in total. The first-order valence-electron chi connectivity index (χ1n) is 4.49. The molecule has 1 fully saturated rings. The Kier molecular flexibility index (Phi) is 2.22. The largest absolute Gasteiger partial charge is 0.281 e. The Bertz CT molecular complexity index is 274. The standard InChI is InChI=1S/C9H13BrN2/c1-6-8(10)9(12-11-6)7-4-2-3-5-7/h7H,2-5H2,1H3,(H,11,12). The second-order valence-electron chi connectivity index (χ2n) is 3.53. The number of rotatable bonds is 1. The molecule has 1 heterocycles. The lowest BCUT2D eigenvalue weighted by atomic mass is 10.0. The number of hydrogen-bond donors (Lipinski definition) is 1. The molecule has 1 saturated carbocycles. The van der Waals surface area contributed by atoms with E-state index in [2.05, 4.69) is 33.1 Å². The van der Waals surface area contributed by atoms with E-state index in [1.165, 1.54) is 35.8 Å². The van der Waals surface area contributed by atoms with Crippen LogP contribution in [0.25, 0.3) is 0 Å². The van der Waals surface area contributed by atoms with Crippen molar-refractivity contribution in [2.24, 2.45) is 0 Å². The van der Waals surface area contributed by atoms with Gasteiger partial charge >= 0.3 is 0 Å². The van der Waals surface area contributed by atoms with E-state index in [1.807, 2.05) is 0 Å². The van der Waals surface area contributed by atoms with E-state index >= 15 is 0 Å². The summed E-state index contributed by atoms with van der Waals surface area (Å²) in [6.45, 7) is 2.05. The number of aromatic nitrogens is 2. The van der Waals surface area contributed by atoms with Crippen LogP contribution in [0.3, 0.4) is 0 Å². The molecule has 66 valence electrons. The molecular formula is C9H13BrN2. The van der Waals surface area contributed by atoms with Crippen LogP contribution in [0.2, 0.25) is 0 Å². The van der Waals surface area contributed by atoms with E-state index in [4.69, 9.17) is 0 Å². The van der Waals surface area contributed by atoms with E-state index in [9.17, 15) is 0 Å². The van der Waals surface area contributed by atoms with Crippen molar-refractivity contribution in [3.63, 3.8) is 0 Å². The number of aromatic amines is 1. The number of hydrogen-bond acceptors (Lipinski definition) is 1. The zero-order valence-corrected chi connectivity index (χ0v) is 8.82. The highest BCUT2D eigenvalue weighted by Crippen LogP contribution is 2.37. The molecule has 3 heteroatoms. The van der Waals surface area contributed by atoms with Gasteiger partial charge in [-0.05, 0) is 35.7 Å². The fourth-order valence-corrected chi connectivity index (χ4v) is 2.41. The van der Waals surface area contributed by atoms with Gasteiger partial charge in [-0.25, -0.2) is 0 Å². The van der Waals surface area contributed by atoms with E-state index in [-0.39, 0.29) is 0 Å². The van der Waals surface area contributed by atoms with Gasteiger partial charge in [0.15, 0.2) is 0 Å². The fraction of sp³-hybridized carbons (Fsp3) is 0.667. The van der Waals surface area contributed by atoms with E-state index in [0.717, 1.165) is 5.69 Å². The highest BCUT2D eigenvalue weighted by Gasteiger charge is 2.22. The molecule has 0 saturated heterocycles. The second kappa shape index (κ2) is 3.21. The summed E-state index contributed by atoms with van der Waals surface area (Å²) in [5, 5.41) is 7.34. The average Bonchev–Trinajstić information content (AvgIpc) is 2.64. The maximum absolute atomic E-state index is 4.33. The summed E-state index contributed by atoms with van der Waals surface area (Å²) < 4.78 is 1.19. The van der Waals surface area contributed by atoms with Gasteiger partial charge < -0.3 is 0 Å². The number of halogens is 1. The van der Waals surface area contributed by atoms with Crippen molar-refractivity contribution in [2.75, 3.05) is 0 Å². The van der Waals surface area contributed by atoms with Crippen molar-refractivity contribution in [3.8, 4) is 0 Å². The van der Waals surface area contributed by atoms with Crippen molar-refractivity contribution in [3.05, 3.63) is 15.9 Å². The maximum Gasteiger partial charge on any atom is 0.0797 e. The maximum atomic E-state index is 4.33. The molecule has 1 aliphatic rings. The predicted molar refractivity (Wildman–Crippen MR) is 52.2 cm³/mol. The first kappa shape index (κ1) is 8.30. The van der Waals surface area contributed by atoms with Gasteiger partial charge in [-0.3, -0.25) is 5.10 Å². The minimum atomic E-state index is 0.698. The lowest BCUT2D eigenvalue weighted by molar-refractivity contribution is 0.690. The molecule has 1 aromatic rings. The van der Waals surface area contributed by atoms with Crippen molar-refractivity contribution in [1.29, 1.82) is 0 Å². The van der Waals surface area contributed by atoms with Gasteiger partial charge in [0.2, 0.25) is 0 Å². The molecule has 2 nitrogen and oxygen atoms in total. The minimum Gasteiger partial charge on any atom is -0.281 e. The van der Waals surface area contributed by atoms with Crippen LogP contribution in [0.5, 0.6) is 0 Å². The van der Waals surface area contributed by atoms with Crippen LogP contribution < -0.4 is 0 Å². The topological polar surface area (TPSA) is 28.7 Å². The van der Waals surface area contributed by atoms with Crippen molar-refractivity contribution in [2.45, 2.75) is 38.5 Å². The van der Waals surface area contributed by atoms with Crippen LogP contribution in [-0.2, 0) is 0 Å². The molecule has 0 amide bonds. The smallest absolute Gasteiger partial charge is 0.0797 e. The first-order chi connectivity index (χ1) is 5.79.